The second-order valence-corrected chi connectivity index (χ2v) is 8.44. The lowest BCUT2D eigenvalue weighted by atomic mass is 9.97. The first kappa shape index (κ1) is 20.2. The number of pyridine rings is 1. The molecule has 0 saturated carbocycles. The van der Waals surface area contributed by atoms with Gasteiger partial charge < -0.3 is 10.2 Å². The van der Waals surface area contributed by atoms with Crippen molar-refractivity contribution in [2.75, 3.05) is 11.9 Å². The van der Waals surface area contributed by atoms with Gasteiger partial charge in [-0.15, -0.1) is 0 Å². The summed E-state index contributed by atoms with van der Waals surface area (Å²) in [5, 5.41) is 14.3. The minimum Gasteiger partial charge on any atom is -0.365 e. The third-order valence-electron chi connectivity index (χ3n) is 6.17. The summed E-state index contributed by atoms with van der Waals surface area (Å²) in [5.41, 5.74) is 2.35. The topological polar surface area (TPSA) is 75.9 Å². The van der Waals surface area contributed by atoms with Crippen LogP contribution in [-0.2, 0) is 0 Å². The average molecular weight is 427 g/mol. The lowest BCUT2D eigenvalue weighted by molar-refractivity contribution is 0.0621. The van der Waals surface area contributed by atoms with E-state index in [1.54, 1.807) is 12.4 Å². The molecular formula is C25H26N6O. The molecule has 1 aliphatic heterocycles. The molecule has 1 fully saturated rings. The average Bonchev–Trinajstić information content (AvgIpc) is 3.35. The van der Waals surface area contributed by atoms with E-state index in [0.717, 1.165) is 35.0 Å². The normalized spacial score (nSPS) is 18.6. The molecule has 3 heterocycles. The van der Waals surface area contributed by atoms with Crippen LogP contribution in [0.1, 0.15) is 35.7 Å². The second kappa shape index (κ2) is 8.42. The number of aromatic nitrogens is 4. The van der Waals surface area contributed by atoms with E-state index in [9.17, 15) is 4.79 Å². The van der Waals surface area contributed by atoms with Crippen LogP contribution in [0.25, 0.3) is 16.5 Å². The van der Waals surface area contributed by atoms with Crippen molar-refractivity contribution in [1.82, 2.24) is 24.9 Å². The van der Waals surface area contributed by atoms with E-state index in [4.69, 9.17) is 0 Å². The minimum absolute atomic E-state index is 0.00544. The summed E-state index contributed by atoms with van der Waals surface area (Å²) < 4.78 is 0. The van der Waals surface area contributed by atoms with Crippen LogP contribution in [0.5, 0.6) is 0 Å². The maximum absolute atomic E-state index is 13.7. The number of carbonyl (C=O) groups excluding carboxylic acids is 1. The lowest BCUT2D eigenvalue weighted by Gasteiger charge is -2.39. The van der Waals surface area contributed by atoms with Gasteiger partial charge in [-0.2, -0.15) is 15.0 Å². The molecule has 5 rings (SSSR count). The Hall–Kier alpha value is -3.74. The predicted molar refractivity (Wildman–Crippen MR) is 125 cm³/mol. The standard InChI is InChI=1S/C25H26N6O/c1-17-7-10-23(31-27-13-14-28-31)22(15-17)25(32)30-16-20(9-8-18(30)2)29-24-21-6-4-3-5-19(21)11-12-26-24/h3-7,10-15,18,20H,8-9,16H2,1-2H3,(H,26,29)/t18-,20-/m0/s1. The maximum atomic E-state index is 13.7. The van der Waals surface area contributed by atoms with Crippen LogP contribution in [0.2, 0.25) is 0 Å². The van der Waals surface area contributed by atoms with Crippen LogP contribution in [0, 0.1) is 6.92 Å². The molecule has 2 aromatic carbocycles. The molecule has 1 saturated heterocycles. The van der Waals surface area contributed by atoms with Gasteiger partial charge in [-0.05, 0) is 50.3 Å². The molecule has 1 N–H and O–H groups in total. The Morgan fingerprint density at radius 2 is 1.84 bits per heavy atom. The van der Waals surface area contributed by atoms with Crippen molar-refractivity contribution in [1.29, 1.82) is 0 Å². The minimum atomic E-state index is 0.00544. The number of nitrogens with zero attached hydrogens (tertiary/aromatic N) is 5. The summed E-state index contributed by atoms with van der Waals surface area (Å²) in [6.45, 7) is 4.73. The van der Waals surface area contributed by atoms with Crippen molar-refractivity contribution in [3.05, 3.63) is 78.2 Å². The number of anilines is 1. The van der Waals surface area contributed by atoms with Gasteiger partial charge in [-0.1, -0.05) is 35.9 Å². The fourth-order valence-corrected chi connectivity index (χ4v) is 4.43. The van der Waals surface area contributed by atoms with Crippen molar-refractivity contribution in [3.8, 4) is 5.69 Å². The van der Waals surface area contributed by atoms with Crippen LogP contribution < -0.4 is 5.32 Å². The number of fused-ring (bicyclic) bond motifs is 1. The van der Waals surface area contributed by atoms with Crippen LogP contribution in [0.15, 0.2) is 67.1 Å². The molecule has 2 atom stereocenters. The first-order chi connectivity index (χ1) is 15.6. The fraction of sp³-hybridized carbons (Fsp3) is 0.280. The van der Waals surface area contributed by atoms with E-state index in [2.05, 4.69) is 39.6 Å². The third-order valence-corrected chi connectivity index (χ3v) is 6.17. The monoisotopic (exact) mass is 426 g/mol. The SMILES string of the molecule is Cc1ccc(-n2nccn2)c(C(=O)N2C[C@@H](Nc3nccc4ccccc34)CC[C@@H]2C)c1. The van der Waals surface area contributed by atoms with Gasteiger partial charge in [0.15, 0.2) is 0 Å². The second-order valence-electron chi connectivity index (χ2n) is 8.44. The molecule has 1 aliphatic rings. The molecule has 0 radical (unpaired) electrons. The van der Waals surface area contributed by atoms with Gasteiger partial charge in [0, 0.05) is 30.2 Å². The summed E-state index contributed by atoms with van der Waals surface area (Å²) in [5.74, 6) is 0.873. The molecule has 7 nitrogen and oxygen atoms in total. The number of nitrogens with one attached hydrogen (secondary N) is 1. The van der Waals surface area contributed by atoms with Crippen molar-refractivity contribution in [2.45, 2.75) is 38.8 Å². The highest BCUT2D eigenvalue weighted by Crippen LogP contribution is 2.27. The van der Waals surface area contributed by atoms with Gasteiger partial charge in [-0.3, -0.25) is 4.79 Å². The molecule has 32 heavy (non-hydrogen) atoms. The zero-order valence-electron chi connectivity index (χ0n) is 18.3. The highest BCUT2D eigenvalue weighted by atomic mass is 16.2. The van der Waals surface area contributed by atoms with Crippen LogP contribution in [0.4, 0.5) is 5.82 Å². The fourth-order valence-electron chi connectivity index (χ4n) is 4.43. The molecular weight excluding hydrogens is 400 g/mol. The first-order valence-corrected chi connectivity index (χ1v) is 11.0. The quantitative estimate of drug-likeness (QED) is 0.529. The molecule has 0 bridgehead atoms. The highest BCUT2D eigenvalue weighted by molar-refractivity contribution is 5.98. The van der Waals surface area contributed by atoms with Crippen molar-refractivity contribution in [3.63, 3.8) is 0 Å². The van der Waals surface area contributed by atoms with Gasteiger partial charge >= 0.3 is 0 Å². The van der Waals surface area contributed by atoms with Gasteiger partial charge in [-0.25, -0.2) is 4.98 Å². The molecule has 4 aromatic rings. The number of amides is 1. The van der Waals surface area contributed by atoms with E-state index < -0.39 is 0 Å². The number of hydrogen-bond donors (Lipinski definition) is 1. The smallest absolute Gasteiger partial charge is 0.256 e. The van der Waals surface area contributed by atoms with Crippen LogP contribution in [-0.4, -0.2) is 49.4 Å². The van der Waals surface area contributed by atoms with Crippen LogP contribution in [0.3, 0.4) is 0 Å². The number of aryl methyl sites for hydroxylation is 1. The Labute approximate surface area is 187 Å². The Balaban J connectivity index is 1.42. The number of likely N-dealkylation sites (tertiary alicyclic amines) is 1. The third kappa shape index (κ3) is 3.82. The van der Waals surface area contributed by atoms with Gasteiger partial charge in [0.2, 0.25) is 0 Å². The number of hydrogen-bond acceptors (Lipinski definition) is 5. The van der Waals surface area contributed by atoms with Crippen molar-refractivity contribution < 1.29 is 4.79 Å². The number of carbonyl (C=O) groups is 1. The van der Waals surface area contributed by atoms with E-state index in [0.29, 0.717) is 17.8 Å². The largest absolute Gasteiger partial charge is 0.365 e. The van der Waals surface area contributed by atoms with Gasteiger partial charge in [0.25, 0.3) is 5.91 Å². The summed E-state index contributed by atoms with van der Waals surface area (Å²) >= 11 is 0. The van der Waals surface area contributed by atoms with Crippen molar-refractivity contribution in [2.24, 2.45) is 0 Å². The summed E-state index contributed by atoms with van der Waals surface area (Å²) in [4.78, 5) is 21.8. The summed E-state index contributed by atoms with van der Waals surface area (Å²) in [6, 6.07) is 16.3. The Morgan fingerprint density at radius 3 is 2.69 bits per heavy atom. The number of piperidine rings is 1. The molecule has 7 heteroatoms. The van der Waals surface area contributed by atoms with E-state index in [-0.39, 0.29) is 18.0 Å². The maximum Gasteiger partial charge on any atom is 0.256 e. The predicted octanol–water partition coefficient (Wildman–Crippen LogP) is 4.23. The lowest BCUT2D eigenvalue weighted by Crippen LogP contribution is -2.50. The first-order valence-electron chi connectivity index (χ1n) is 11.0. The molecule has 0 spiro atoms. The van der Waals surface area contributed by atoms with E-state index >= 15 is 0 Å². The molecule has 162 valence electrons. The summed E-state index contributed by atoms with van der Waals surface area (Å²) in [6.07, 6.45) is 6.98. The Bertz CT molecular complexity index is 1250. The Morgan fingerprint density at radius 1 is 1.03 bits per heavy atom. The van der Waals surface area contributed by atoms with Crippen molar-refractivity contribution >= 4 is 22.5 Å². The number of rotatable bonds is 4. The number of benzene rings is 2. The van der Waals surface area contributed by atoms with Gasteiger partial charge in [0.05, 0.1) is 23.6 Å². The highest BCUT2D eigenvalue weighted by Gasteiger charge is 2.31. The van der Waals surface area contributed by atoms with E-state index in [1.807, 2.05) is 54.4 Å². The Kier molecular flexibility index (Phi) is 5.31. The zero-order valence-corrected chi connectivity index (χ0v) is 18.3. The zero-order chi connectivity index (χ0) is 22.1. The molecule has 0 unspecified atom stereocenters. The summed E-state index contributed by atoms with van der Waals surface area (Å²) in [7, 11) is 0. The molecule has 0 aliphatic carbocycles. The molecule has 1 amide bonds. The van der Waals surface area contributed by atoms with Crippen LogP contribution >= 0.6 is 0 Å². The molecule has 2 aromatic heterocycles. The van der Waals surface area contributed by atoms with Gasteiger partial charge in [0.1, 0.15) is 5.82 Å². The van der Waals surface area contributed by atoms with E-state index in [1.165, 1.54) is 4.80 Å².